The van der Waals surface area contributed by atoms with Gasteiger partial charge in [-0.05, 0) is 24.6 Å². The number of rotatable bonds is 3. The summed E-state index contributed by atoms with van der Waals surface area (Å²) in [4.78, 5) is 24.2. The zero-order valence-electron chi connectivity index (χ0n) is 15.6. The molecule has 2 amide bonds. The van der Waals surface area contributed by atoms with Crippen LogP contribution in [-0.4, -0.2) is 58.7 Å². The molecule has 1 aromatic carbocycles. The van der Waals surface area contributed by atoms with Crippen LogP contribution in [0.5, 0.6) is 0 Å². The number of imidazole rings is 1. The molecule has 7 nitrogen and oxygen atoms in total. The van der Waals surface area contributed by atoms with Gasteiger partial charge >= 0.3 is 6.03 Å². The van der Waals surface area contributed by atoms with E-state index in [0.29, 0.717) is 30.1 Å². The first-order valence-electron chi connectivity index (χ1n) is 8.93. The van der Waals surface area contributed by atoms with E-state index in [1.807, 2.05) is 25.2 Å². The summed E-state index contributed by atoms with van der Waals surface area (Å²) in [6.45, 7) is 0.444. The highest BCUT2D eigenvalue weighted by Gasteiger charge is 2.26. The SMILES string of the molecule is CN(C)c1cnc2nc(-c3cc(NC(=O)N4CC[C@@H](F)C4)ccc3F)cn2c1. The Labute approximate surface area is 160 Å². The van der Waals surface area contributed by atoms with Crippen molar-refractivity contribution in [3.05, 3.63) is 42.6 Å². The fraction of sp³-hybridized carbons (Fsp3) is 0.316. The van der Waals surface area contributed by atoms with E-state index < -0.39 is 18.0 Å². The van der Waals surface area contributed by atoms with E-state index in [9.17, 15) is 13.6 Å². The molecule has 0 aliphatic carbocycles. The maximum absolute atomic E-state index is 14.4. The van der Waals surface area contributed by atoms with Crippen LogP contribution in [-0.2, 0) is 0 Å². The molecule has 1 saturated heterocycles. The Hall–Kier alpha value is -3.23. The van der Waals surface area contributed by atoms with Crippen molar-refractivity contribution < 1.29 is 13.6 Å². The van der Waals surface area contributed by atoms with Gasteiger partial charge < -0.3 is 15.1 Å². The van der Waals surface area contributed by atoms with Crippen LogP contribution in [0.1, 0.15) is 6.42 Å². The highest BCUT2D eigenvalue weighted by atomic mass is 19.1. The predicted octanol–water partition coefficient (Wildman–Crippen LogP) is 3.18. The second-order valence-corrected chi connectivity index (χ2v) is 7.00. The smallest absolute Gasteiger partial charge is 0.321 e. The number of amides is 2. The van der Waals surface area contributed by atoms with Gasteiger partial charge in [-0.2, -0.15) is 0 Å². The zero-order valence-corrected chi connectivity index (χ0v) is 15.6. The van der Waals surface area contributed by atoms with E-state index in [1.165, 1.54) is 23.1 Å². The number of anilines is 2. The van der Waals surface area contributed by atoms with E-state index in [4.69, 9.17) is 0 Å². The second-order valence-electron chi connectivity index (χ2n) is 7.00. The summed E-state index contributed by atoms with van der Waals surface area (Å²) in [6.07, 6.45) is 4.57. The number of hydrogen-bond donors (Lipinski definition) is 1. The lowest BCUT2D eigenvalue weighted by molar-refractivity contribution is 0.218. The largest absolute Gasteiger partial charge is 0.375 e. The van der Waals surface area contributed by atoms with Crippen LogP contribution < -0.4 is 10.2 Å². The molecular formula is C19H20F2N6O. The summed E-state index contributed by atoms with van der Waals surface area (Å²) < 4.78 is 29.5. The van der Waals surface area contributed by atoms with Crippen LogP contribution in [0.4, 0.5) is 25.0 Å². The molecule has 2 aromatic heterocycles. The summed E-state index contributed by atoms with van der Waals surface area (Å²) in [5, 5.41) is 2.70. The third-order valence-electron chi connectivity index (χ3n) is 4.72. The number of nitrogens with one attached hydrogen (secondary N) is 1. The number of aromatic nitrogens is 3. The minimum Gasteiger partial charge on any atom is -0.375 e. The van der Waals surface area contributed by atoms with Crippen LogP contribution in [0, 0.1) is 5.82 Å². The van der Waals surface area contributed by atoms with E-state index >= 15 is 0 Å². The van der Waals surface area contributed by atoms with Gasteiger partial charge in [0.2, 0.25) is 5.78 Å². The number of alkyl halides is 1. The molecule has 0 saturated carbocycles. The van der Waals surface area contributed by atoms with E-state index in [0.717, 1.165) is 5.69 Å². The molecule has 0 unspecified atom stereocenters. The molecule has 28 heavy (non-hydrogen) atoms. The molecule has 3 heterocycles. The van der Waals surface area contributed by atoms with Crippen molar-refractivity contribution in [2.75, 3.05) is 37.4 Å². The van der Waals surface area contributed by atoms with Gasteiger partial charge in [-0.3, -0.25) is 4.40 Å². The van der Waals surface area contributed by atoms with E-state index in [1.54, 1.807) is 16.8 Å². The predicted molar refractivity (Wildman–Crippen MR) is 103 cm³/mol. The maximum Gasteiger partial charge on any atom is 0.321 e. The molecule has 3 aromatic rings. The normalized spacial score (nSPS) is 16.6. The lowest BCUT2D eigenvalue weighted by Gasteiger charge is -2.16. The molecule has 4 rings (SSSR count). The number of benzene rings is 1. The fourth-order valence-corrected chi connectivity index (χ4v) is 3.14. The monoisotopic (exact) mass is 386 g/mol. The van der Waals surface area contributed by atoms with Crippen molar-refractivity contribution in [2.45, 2.75) is 12.6 Å². The van der Waals surface area contributed by atoms with Crippen molar-refractivity contribution in [1.82, 2.24) is 19.3 Å². The summed E-state index contributed by atoms with van der Waals surface area (Å²) in [6, 6.07) is 3.86. The van der Waals surface area contributed by atoms with E-state index in [-0.39, 0.29) is 12.1 Å². The van der Waals surface area contributed by atoms with Gasteiger partial charge in [-0.15, -0.1) is 0 Å². The molecule has 1 aliphatic heterocycles. The summed E-state index contributed by atoms with van der Waals surface area (Å²) in [7, 11) is 3.80. The van der Waals surface area contributed by atoms with Crippen LogP contribution in [0.2, 0.25) is 0 Å². The average Bonchev–Trinajstić information content (AvgIpc) is 3.28. The number of fused-ring (bicyclic) bond motifs is 1. The van der Waals surface area contributed by atoms with Gasteiger partial charge in [-0.1, -0.05) is 0 Å². The number of likely N-dealkylation sites (tertiary alicyclic amines) is 1. The molecule has 0 bridgehead atoms. The van der Waals surface area contributed by atoms with Gasteiger partial charge in [0.05, 0.1) is 24.1 Å². The Kier molecular flexibility index (Phi) is 4.58. The second kappa shape index (κ2) is 7.06. The molecule has 9 heteroatoms. The average molecular weight is 386 g/mol. The van der Waals surface area contributed by atoms with Gasteiger partial charge in [0.15, 0.2) is 0 Å². The third kappa shape index (κ3) is 3.47. The molecule has 0 spiro atoms. The maximum atomic E-state index is 14.4. The number of hydrogen-bond acceptors (Lipinski definition) is 4. The van der Waals surface area contributed by atoms with Crippen LogP contribution >= 0.6 is 0 Å². The van der Waals surface area contributed by atoms with Crippen LogP contribution in [0.25, 0.3) is 17.0 Å². The van der Waals surface area contributed by atoms with Crippen molar-refractivity contribution in [1.29, 1.82) is 0 Å². The fourth-order valence-electron chi connectivity index (χ4n) is 3.14. The molecule has 0 radical (unpaired) electrons. The first-order valence-corrected chi connectivity index (χ1v) is 8.93. The van der Waals surface area contributed by atoms with Gasteiger partial charge in [-0.25, -0.2) is 23.5 Å². The molecule has 1 fully saturated rings. The Balaban J connectivity index is 1.62. The Morgan fingerprint density at radius 3 is 2.86 bits per heavy atom. The number of carbonyl (C=O) groups excluding carboxylic acids is 1. The first kappa shape index (κ1) is 18.1. The van der Waals surface area contributed by atoms with Crippen molar-refractivity contribution >= 4 is 23.2 Å². The standard InChI is InChI=1S/C19H20F2N6O/c1-25(2)14-8-22-18-24-17(11-27(18)10-14)15-7-13(3-4-16(15)21)23-19(28)26-6-5-12(20)9-26/h3-4,7-8,10-12H,5-6,9H2,1-2H3,(H,23,28)/t12-/m1/s1. The minimum absolute atomic E-state index is 0.0756. The molecule has 146 valence electrons. The summed E-state index contributed by atoms with van der Waals surface area (Å²) in [5.41, 5.74) is 1.96. The third-order valence-corrected chi connectivity index (χ3v) is 4.72. The Morgan fingerprint density at radius 1 is 1.32 bits per heavy atom. The Bertz CT molecular complexity index is 1030. The van der Waals surface area contributed by atoms with Crippen molar-refractivity contribution in [3.63, 3.8) is 0 Å². The number of nitrogens with zero attached hydrogens (tertiary/aromatic N) is 5. The highest BCUT2D eigenvalue weighted by molar-refractivity contribution is 5.90. The zero-order chi connectivity index (χ0) is 19.8. The topological polar surface area (TPSA) is 65.8 Å². The Morgan fingerprint density at radius 2 is 2.14 bits per heavy atom. The molecular weight excluding hydrogens is 366 g/mol. The van der Waals surface area contributed by atoms with Crippen LogP contribution in [0.15, 0.2) is 36.8 Å². The minimum atomic E-state index is -0.993. The molecule has 1 N–H and O–H groups in total. The van der Waals surface area contributed by atoms with Gasteiger partial charge in [0, 0.05) is 44.3 Å². The lowest BCUT2D eigenvalue weighted by atomic mass is 10.1. The van der Waals surface area contributed by atoms with Crippen molar-refractivity contribution in [3.8, 4) is 11.3 Å². The number of carbonyl (C=O) groups is 1. The van der Waals surface area contributed by atoms with Crippen molar-refractivity contribution in [2.24, 2.45) is 0 Å². The van der Waals surface area contributed by atoms with Gasteiger partial charge in [0.25, 0.3) is 0 Å². The van der Waals surface area contributed by atoms with Gasteiger partial charge in [0.1, 0.15) is 12.0 Å². The van der Waals surface area contributed by atoms with E-state index in [2.05, 4.69) is 15.3 Å². The highest BCUT2D eigenvalue weighted by Crippen LogP contribution is 2.26. The summed E-state index contributed by atoms with van der Waals surface area (Å²) >= 11 is 0. The molecule has 1 atom stereocenters. The first-order chi connectivity index (χ1) is 13.4. The number of urea groups is 1. The van der Waals surface area contributed by atoms with Crippen LogP contribution in [0.3, 0.4) is 0 Å². The quantitative estimate of drug-likeness (QED) is 0.751. The molecule has 1 aliphatic rings. The number of halogens is 2. The lowest BCUT2D eigenvalue weighted by Crippen LogP contribution is -2.33. The summed E-state index contributed by atoms with van der Waals surface area (Å²) in [5.74, 6) is -0.0141.